The number of amides is 1. The fourth-order valence-electron chi connectivity index (χ4n) is 1.16. The Morgan fingerprint density at radius 3 is 2.56 bits per heavy atom. The summed E-state index contributed by atoms with van der Waals surface area (Å²) < 4.78 is 10.1. The smallest absolute Gasteiger partial charge is 0.285 e. The number of rotatable bonds is 3. The molecule has 0 fully saturated rings. The molecule has 0 aliphatic rings. The summed E-state index contributed by atoms with van der Waals surface area (Å²) in [4.78, 5) is 15.1. The zero-order valence-corrected chi connectivity index (χ0v) is 9.48. The van der Waals surface area contributed by atoms with Crippen molar-refractivity contribution in [2.75, 3.05) is 14.2 Å². The molecule has 1 amide bonds. The van der Waals surface area contributed by atoms with Crippen molar-refractivity contribution in [1.82, 2.24) is 0 Å². The maximum Gasteiger partial charge on any atom is 0.285 e. The second kappa shape index (κ2) is 5.73. The summed E-state index contributed by atoms with van der Waals surface area (Å²) >= 11 is 0. The molecule has 0 radical (unpaired) electrons. The average molecular weight is 219 g/mol. The van der Waals surface area contributed by atoms with Crippen LogP contribution < -0.4 is 9.47 Å². The first-order valence-electron chi connectivity index (χ1n) is 4.73. The summed E-state index contributed by atoms with van der Waals surface area (Å²) in [6, 6.07) is 4.88. The molecule has 1 aromatic carbocycles. The van der Waals surface area contributed by atoms with Crippen LogP contribution in [0.1, 0.15) is 17.3 Å². The molecular formula is C12H13NO3. The number of methoxy groups -OCH3 is 2. The summed E-state index contributed by atoms with van der Waals surface area (Å²) in [5, 5.41) is 0. The molecule has 4 heteroatoms. The SMILES string of the molecule is CC=C=NC(=O)c1ccc(OC)c(OC)c1. The van der Waals surface area contributed by atoms with Gasteiger partial charge in [-0.2, -0.15) is 4.99 Å². The molecule has 16 heavy (non-hydrogen) atoms. The molecule has 0 saturated carbocycles. The first-order valence-corrected chi connectivity index (χ1v) is 4.73. The van der Waals surface area contributed by atoms with Crippen molar-refractivity contribution in [3.05, 3.63) is 29.8 Å². The molecule has 0 aliphatic heterocycles. The molecule has 0 spiro atoms. The van der Waals surface area contributed by atoms with E-state index < -0.39 is 0 Å². The monoisotopic (exact) mass is 219 g/mol. The van der Waals surface area contributed by atoms with E-state index in [1.165, 1.54) is 14.2 Å². The van der Waals surface area contributed by atoms with E-state index in [4.69, 9.17) is 9.47 Å². The lowest BCUT2D eigenvalue weighted by molar-refractivity contribution is 0.100. The van der Waals surface area contributed by atoms with Crippen LogP contribution in [-0.4, -0.2) is 26.0 Å². The Hall–Kier alpha value is -2.06. The molecule has 0 aliphatic carbocycles. The van der Waals surface area contributed by atoms with E-state index in [-0.39, 0.29) is 5.91 Å². The molecule has 84 valence electrons. The molecule has 0 saturated heterocycles. The zero-order chi connectivity index (χ0) is 12.0. The maximum atomic E-state index is 11.5. The van der Waals surface area contributed by atoms with Gasteiger partial charge in [-0.05, 0) is 37.1 Å². The molecule has 1 rings (SSSR count). The molecule has 0 bridgehead atoms. The van der Waals surface area contributed by atoms with E-state index in [0.29, 0.717) is 17.1 Å². The number of nitrogens with zero attached hydrogens (tertiary/aromatic N) is 1. The van der Waals surface area contributed by atoms with Gasteiger partial charge in [-0.1, -0.05) is 0 Å². The van der Waals surface area contributed by atoms with Gasteiger partial charge in [-0.3, -0.25) is 4.79 Å². The van der Waals surface area contributed by atoms with Crippen molar-refractivity contribution < 1.29 is 14.3 Å². The Bertz CT molecular complexity index is 446. The minimum absolute atomic E-state index is 0.362. The highest BCUT2D eigenvalue weighted by Gasteiger charge is 2.09. The van der Waals surface area contributed by atoms with Gasteiger partial charge >= 0.3 is 0 Å². The van der Waals surface area contributed by atoms with Gasteiger partial charge in [-0.25, -0.2) is 0 Å². The van der Waals surface area contributed by atoms with E-state index in [1.807, 2.05) is 0 Å². The van der Waals surface area contributed by atoms with Gasteiger partial charge in [0.05, 0.1) is 14.2 Å². The minimum atomic E-state index is -0.362. The zero-order valence-electron chi connectivity index (χ0n) is 9.48. The summed E-state index contributed by atoms with van der Waals surface area (Å²) in [5.41, 5.74) is 0.437. The van der Waals surface area contributed by atoms with Gasteiger partial charge < -0.3 is 9.47 Å². The highest BCUT2D eigenvalue weighted by molar-refractivity contribution is 5.98. The third kappa shape index (κ3) is 2.72. The number of allylic oxidation sites excluding steroid dienone is 1. The number of hydrogen-bond donors (Lipinski definition) is 0. The van der Waals surface area contributed by atoms with Crippen LogP contribution in [0.25, 0.3) is 0 Å². The Labute approximate surface area is 94.2 Å². The lowest BCUT2D eigenvalue weighted by Gasteiger charge is -2.07. The predicted molar refractivity (Wildman–Crippen MR) is 61.6 cm³/mol. The molecule has 0 atom stereocenters. The van der Waals surface area contributed by atoms with E-state index in [0.717, 1.165) is 0 Å². The van der Waals surface area contributed by atoms with Gasteiger partial charge in [0.15, 0.2) is 11.5 Å². The van der Waals surface area contributed by atoms with Crippen LogP contribution in [0.3, 0.4) is 0 Å². The number of hydrogen-bond acceptors (Lipinski definition) is 3. The molecule has 0 unspecified atom stereocenters. The summed E-state index contributed by atoms with van der Waals surface area (Å²) in [6.07, 6.45) is 1.57. The first-order chi connectivity index (χ1) is 7.72. The van der Waals surface area contributed by atoms with E-state index in [2.05, 4.69) is 10.9 Å². The normalized spacial score (nSPS) is 8.94. The molecule has 1 aromatic rings. The highest BCUT2D eigenvalue weighted by atomic mass is 16.5. The summed E-state index contributed by atoms with van der Waals surface area (Å²) in [5.74, 6) is 3.21. The van der Waals surface area contributed by atoms with Crippen molar-refractivity contribution in [2.45, 2.75) is 6.92 Å². The van der Waals surface area contributed by atoms with Crippen LogP contribution in [0.2, 0.25) is 0 Å². The molecule has 4 nitrogen and oxygen atoms in total. The van der Waals surface area contributed by atoms with Crippen LogP contribution >= 0.6 is 0 Å². The Morgan fingerprint density at radius 1 is 1.31 bits per heavy atom. The van der Waals surface area contributed by atoms with Crippen LogP contribution in [-0.2, 0) is 0 Å². The Balaban J connectivity index is 3.08. The Morgan fingerprint density at radius 2 is 2.00 bits per heavy atom. The summed E-state index contributed by atoms with van der Waals surface area (Å²) in [7, 11) is 3.05. The van der Waals surface area contributed by atoms with Crippen molar-refractivity contribution in [2.24, 2.45) is 4.99 Å². The quantitative estimate of drug-likeness (QED) is 0.731. The number of carbonyl (C=O) groups excluding carboxylic acids is 1. The van der Waals surface area contributed by atoms with Gasteiger partial charge in [-0.15, -0.1) is 0 Å². The van der Waals surface area contributed by atoms with Gasteiger partial charge in [0.1, 0.15) is 0 Å². The number of carbonyl (C=O) groups is 1. The average Bonchev–Trinajstić information content (AvgIpc) is 2.34. The van der Waals surface area contributed by atoms with Gasteiger partial charge in [0.2, 0.25) is 0 Å². The van der Waals surface area contributed by atoms with Crippen molar-refractivity contribution in [3.63, 3.8) is 0 Å². The molecule has 0 N–H and O–H groups in total. The van der Waals surface area contributed by atoms with Crippen LogP contribution in [0.4, 0.5) is 0 Å². The number of ether oxygens (including phenoxy) is 2. The Kier molecular flexibility index (Phi) is 4.30. The molecular weight excluding hydrogens is 206 g/mol. The minimum Gasteiger partial charge on any atom is -0.493 e. The number of aliphatic imine (C=N–C) groups is 1. The maximum absolute atomic E-state index is 11.5. The second-order valence-electron chi connectivity index (χ2n) is 2.90. The van der Waals surface area contributed by atoms with Crippen LogP contribution in [0.15, 0.2) is 29.3 Å². The van der Waals surface area contributed by atoms with Crippen LogP contribution in [0.5, 0.6) is 11.5 Å². The van der Waals surface area contributed by atoms with Crippen molar-refractivity contribution >= 4 is 11.8 Å². The fourth-order valence-corrected chi connectivity index (χ4v) is 1.16. The third-order valence-electron chi connectivity index (χ3n) is 1.93. The second-order valence-corrected chi connectivity index (χ2v) is 2.90. The van der Waals surface area contributed by atoms with Crippen molar-refractivity contribution in [1.29, 1.82) is 0 Å². The lowest BCUT2D eigenvalue weighted by atomic mass is 10.2. The lowest BCUT2D eigenvalue weighted by Crippen LogP contribution is -1.97. The van der Waals surface area contributed by atoms with E-state index in [9.17, 15) is 4.79 Å². The molecule has 0 heterocycles. The van der Waals surface area contributed by atoms with Gasteiger partial charge in [0, 0.05) is 5.56 Å². The topological polar surface area (TPSA) is 47.9 Å². The first kappa shape index (κ1) is 12.0. The predicted octanol–water partition coefficient (Wildman–Crippen LogP) is 2.09. The third-order valence-corrected chi connectivity index (χ3v) is 1.93. The van der Waals surface area contributed by atoms with E-state index >= 15 is 0 Å². The summed E-state index contributed by atoms with van der Waals surface area (Å²) in [6.45, 7) is 1.74. The van der Waals surface area contributed by atoms with E-state index in [1.54, 1.807) is 31.2 Å². The molecule has 0 aromatic heterocycles. The largest absolute Gasteiger partial charge is 0.493 e. The van der Waals surface area contributed by atoms with Gasteiger partial charge in [0.25, 0.3) is 5.91 Å². The highest BCUT2D eigenvalue weighted by Crippen LogP contribution is 2.27. The fraction of sp³-hybridized carbons (Fsp3) is 0.250. The van der Waals surface area contributed by atoms with Crippen molar-refractivity contribution in [3.8, 4) is 11.5 Å². The number of benzene rings is 1. The van der Waals surface area contributed by atoms with Crippen LogP contribution in [0, 0.1) is 0 Å². The standard InChI is InChI=1S/C12H13NO3/c1-4-7-13-12(14)9-5-6-10(15-2)11(8-9)16-3/h4-6,8H,1-3H3.